The first kappa shape index (κ1) is 18.1. The summed E-state index contributed by atoms with van der Waals surface area (Å²) in [4.78, 5) is 17.1. The Balaban J connectivity index is 1.67. The Labute approximate surface area is 158 Å². The minimum absolute atomic E-state index is 0.298. The molecule has 1 N–H and O–H groups in total. The monoisotopic (exact) mass is 376 g/mol. The van der Waals surface area contributed by atoms with Crippen molar-refractivity contribution in [1.29, 1.82) is 0 Å². The van der Waals surface area contributed by atoms with Crippen molar-refractivity contribution >= 4 is 27.4 Å². The molecule has 0 saturated carbocycles. The molecule has 4 rings (SSSR count). The summed E-state index contributed by atoms with van der Waals surface area (Å²) in [6.07, 6.45) is 2.06. The van der Waals surface area contributed by atoms with Gasteiger partial charge in [-0.05, 0) is 38.2 Å². The zero-order chi connectivity index (χ0) is 18.1. The number of morpholine rings is 1. The molecule has 7 heteroatoms. The van der Waals surface area contributed by atoms with Crippen LogP contribution in [0.25, 0.3) is 10.2 Å². The van der Waals surface area contributed by atoms with E-state index in [0.717, 1.165) is 75.3 Å². The number of ether oxygens (including phenoxy) is 1. The highest BCUT2D eigenvalue weighted by molar-refractivity contribution is 7.18. The summed E-state index contributed by atoms with van der Waals surface area (Å²) in [5.41, 5.74) is 1.31. The van der Waals surface area contributed by atoms with Gasteiger partial charge in [0.15, 0.2) is 0 Å². The molecule has 2 saturated heterocycles. The Morgan fingerprint density at radius 3 is 2.54 bits per heavy atom. The normalized spacial score (nSPS) is 20.2. The predicted molar refractivity (Wildman–Crippen MR) is 105 cm³/mol. The summed E-state index contributed by atoms with van der Waals surface area (Å²) in [5, 5.41) is 10.7. The van der Waals surface area contributed by atoms with Crippen LogP contribution in [0.4, 0.5) is 5.82 Å². The van der Waals surface area contributed by atoms with Gasteiger partial charge in [0, 0.05) is 37.7 Å². The molecule has 0 radical (unpaired) electrons. The highest BCUT2D eigenvalue weighted by atomic mass is 32.1. The first-order chi connectivity index (χ1) is 12.7. The van der Waals surface area contributed by atoms with E-state index in [1.807, 2.05) is 0 Å². The lowest BCUT2D eigenvalue weighted by molar-refractivity contribution is 0.0331. The van der Waals surface area contributed by atoms with Crippen molar-refractivity contribution in [2.75, 3.05) is 50.9 Å². The molecule has 0 bridgehead atoms. The highest BCUT2D eigenvalue weighted by Gasteiger charge is 2.24. The number of rotatable bonds is 4. The smallest absolute Gasteiger partial charge is 0.146 e. The number of thiophene rings is 1. The topological polar surface area (TPSA) is 61.7 Å². The van der Waals surface area contributed by atoms with Gasteiger partial charge in [0.05, 0.1) is 25.1 Å². The van der Waals surface area contributed by atoms with Crippen LogP contribution in [0.1, 0.15) is 29.1 Å². The SMILES string of the molecule is Cc1sc2nc(CN3CCOCC3)nc(N3CCC(CO)CC3)c2c1C. The quantitative estimate of drug-likeness (QED) is 0.884. The summed E-state index contributed by atoms with van der Waals surface area (Å²) in [5.74, 6) is 2.44. The van der Waals surface area contributed by atoms with Crippen molar-refractivity contribution in [2.24, 2.45) is 5.92 Å². The molecule has 2 aliphatic heterocycles. The first-order valence-electron chi connectivity index (χ1n) is 9.58. The van der Waals surface area contributed by atoms with E-state index >= 15 is 0 Å². The molecule has 0 unspecified atom stereocenters. The van der Waals surface area contributed by atoms with Gasteiger partial charge in [-0.1, -0.05) is 0 Å². The van der Waals surface area contributed by atoms with Crippen molar-refractivity contribution in [3.05, 3.63) is 16.3 Å². The summed E-state index contributed by atoms with van der Waals surface area (Å²) >= 11 is 1.78. The number of hydrogen-bond donors (Lipinski definition) is 1. The molecule has 0 aliphatic carbocycles. The fourth-order valence-corrected chi connectivity index (χ4v) is 4.90. The highest BCUT2D eigenvalue weighted by Crippen LogP contribution is 2.36. The van der Waals surface area contributed by atoms with Crippen LogP contribution in [0.5, 0.6) is 0 Å². The number of anilines is 1. The Hall–Kier alpha value is -1.28. The van der Waals surface area contributed by atoms with Gasteiger partial charge in [-0.2, -0.15) is 0 Å². The molecular formula is C19H28N4O2S. The number of fused-ring (bicyclic) bond motifs is 1. The van der Waals surface area contributed by atoms with Crippen LogP contribution >= 0.6 is 11.3 Å². The third-order valence-electron chi connectivity index (χ3n) is 5.70. The lowest BCUT2D eigenvalue weighted by atomic mass is 9.97. The second kappa shape index (κ2) is 7.76. The fourth-order valence-electron chi connectivity index (χ4n) is 3.86. The molecule has 0 atom stereocenters. The number of hydrogen-bond acceptors (Lipinski definition) is 7. The molecule has 26 heavy (non-hydrogen) atoms. The fraction of sp³-hybridized carbons (Fsp3) is 0.684. The standard InChI is InChI=1S/C19H28N4O2S/c1-13-14(2)26-19-17(13)18(23-5-3-15(12-24)4-6-23)20-16(21-19)11-22-7-9-25-10-8-22/h15,24H,3-12H2,1-2H3. The van der Waals surface area contributed by atoms with Crippen molar-refractivity contribution in [2.45, 2.75) is 33.2 Å². The largest absolute Gasteiger partial charge is 0.396 e. The van der Waals surface area contributed by atoms with Gasteiger partial charge >= 0.3 is 0 Å². The molecule has 6 nitrogen and oxygen atoms in total. The van der Waals surface area contributed by atoms with Gasteiger partial charge in [-0.15, -0.1) is 11.3 Å². The zero-order valence-corrected chi connectivity index (χ0v) is 16.5. The lowest BCUT2D eigenvalue weighted by Crippen LogP contribution is -2.37. The van der Waals surface area contributed by atoms with Crippen molar-refractivity contribution in [3.63, 3.8) is 0 Å². The molecule has 2 aliphatic rings. The second-order valence-electron chi connectivity index (χ2n) is 7.43. The summed E-state index contributed by atoms with van der Waals surface area (Å²) < 4.78 is 5.46. The third kappa shape index (κ3) is 3.58. The maximum atomic E-state index is 9.44. The van der Waals surface area contributed by atoms with Crippen LogP contribution in [0.15, 0.2) is 0 Å². The minimum atomic E-state index is 0.298. The van der Waals surface area contributed by atoms with Gasteiger partial charge < -0.3 is 14.7 Å². The number of aliphatic hydroxyl groups excluding tert-OH is 1. The van der Waals surface area contributed by atoms with Crippen molar-refractivity contribution < 1.29 is 9.84 Å². The van der Waals surface area contributed by atoms with Crippen LogP contribution in [0.2, 0.25) is 0 Å². The van der Waals surface area contributed by atoms with Gasteiger partial charge in [0.2, 0.25) is 0 Å². The van der Waals surface area contributed by atoms with Crippen LogP contribution in [-0.2, 0) is 11.3 Å². The van der Waals surface area contributed by atoms with E-state index in [1.165, 1.54) is 15.8 Å². The molecule has 0 spiro atoms. The van der Waals surface area contributed by atoms with Crippen LogP contribution in [0.3, 0.4) is 0 Å². The number of nitrogens with zero attached hydrogens (tertiary/aromatic N) is 4. The van der Waals surface area contributed by atoms with Crippen molar-refractivity contribution in [1.82, 2.24) is 14.9 Å². The van der Waals surface area contributed by atoms with Gasteiger partial charge in [0.1, 0.15) is 16.5 Å². The Bertz CT molecular complexity index is 764. The summed E-state index contributed by atoms with van der Waals surface area (Å²) in [6.45, 7) is 10.8. The summed E-state index contributed by atoms with van der Waals surface area (Å²) in [7, 11) is 0. The van der Waals surface area contributed by atoms with E-state index in [1.54, 1.807) is 11.3 Å². The predicted octanol–water partition coefficient (Wildman–Crippen LogP) is 2.35. The maximum Gasteiger partial charge on any atom is 0.146 e. The van der Waals surface area contributed by atoms with Crippen LogP contribution in [-0.4, -0.2) is 66.0 Å². The first-order valence-corrected chi connectivity index (χ1v) is 10.4. The van der Waals surface area contributed by atoms with Gasteiger partial charge in [-0.25, -0.2) is 9.97 Å². The number of aliphatic hydroxyl groups is 1. The average molecular weight is 377 g/mol. The Morgan fingerprint density at radius 1 is 1.12 bits per heavy atom. The average Bonchev–Trinajstić information content (AvgIpc) is 2.96. The van der Waals surface area contributed by atoms with Gasteiger partial charge in [0.25, 0.3) is 0 Å². The second-order valence-corrected chi connectivity index (χ2v) is 8.63. The lowest BCUT2D eigenvalue weighted by Gasteiger charge is -2.33. The number of aryl methyl sites for hydroxylation is 2. The molecule has 2 aromatic heterocycles. The number of aromatic nitrogens is 2. The molecule has 2 aromatic rings. The molecule has 0 amide bonds. The van der Waals surface area contributed by atoms with Crippen LogP contribution in [0, 0.1) is 19.8 Å². The molecule has 0 aromatic carbocycles. The van der Waals surface area contributed by atoms with E-state index in [9.17, 15) is 5.11 Å². The van der Waals surface area contributed by atoms with Crippen molar-refractivity contribution in [3.8, 4) is 0 Å². The van der Waals surface area contributed by atoms with E-state index < -0.39 is 0 Å². The van der Waals surface area contributed by atoms with E-state index in [2.05, 4.69) is 23.6 Å². The number of piperidine rings is 1. The third-order valence-corrected chi connectivity index (χ3v) is 6.80. The summed E-state index contributed by atoms with van der Waals surface area (Å²) in [6, 6.07) is 0. The van der Waals surface area contributed by atoms with E-state index in [4.69, 9.17) is 14.7 Å². The minimum Gasteiger partial charge on any atom is -0.396 e. The zero-order valence-electron chi connectivity index (χ0n) is 15.7. The molecule has 2 fully saturated rings. The van der Waals surface area contributed by atoms with Crippen LogP contribution < -0.4 is 4.90 Å². The maximum absolute atomic E-state index is 9.44. The van der Waals surface area contributed by atoms with Gasteiger partial charge in [-0.3, -0.25) is 4.90 Å². The molecule has 4 heterocycles. The van der Waals surface area contributed by atoms with E-state index in [0.29, 0.717) is 12.5 Å². The molecule has 142 valence electrons. The Morgan fingerprint density at radius 2 is 1.85 bits per heavy atom. The molecular weight excluding hydrogens is 348 g/mol. The Kier molecular flexibility index (Phi) is 5.40. The van der Waals surface area contributed by atoms with E-state index in [-0.39, 0.29) is 0 Å².